The fourth-order valence-electron chi connectivity index (χ4n) is 2.34. The summed E-state index contributed by atoms with van der Waals surface area (Å²) in [6.45, 7) is 2.51. The molecule has 0 spiro atoms. The van der Waals surface area contributed by atoms with Gasteiger partial charge in [-0.05, 0) is 29.3 Å². The Hall–Kier alpha value is -2.23. The molecule has 4 heteroatoms. The van der Waals surface area contributed by atoms with Crippen molar-refractivity contribution < 1.29 is 4.79 Å². The third kappa shape index (κ3) is 3.88. The molecule has 4 nitrogen and oxygen atoms in total. The first-order chi connectivity index (χ1) is 10.3. The van der Waals surface area contributed by atoms with Crippen LogP contribution in [0.2, 0.25) is 0 Å². The van der Waals surface area contributed by atoms with Gasteiger partial charge in [-0.3, -0.25) is 4.79 Å². The number of nitroso groups, excluding NO2 is 1. The van der Waals surface area contributed by atoms with Crippen LogP contribution >= 0.6 is 0 Å². The van der Waals surface area contributed by atoms with Gasteiger partial charge in [0.1, 0.15) is 0 Å². The zero-order chi connectivity index (χ0) is 15.1. The van der Waals surface area contributed by atoms with E-state index in [-0.39, 0.29) is 5.91 Å². The van der Waals surface area contributed by atoms with Gasteiger partial charge < -0.3 is 0 Å². The lowest BCUT2D eigenvalue weighted by atomic mass is 10.1. The van der Waals surface area contributed by atoms with Crippen LogP contribution in [0.25, 0.3) is 10.8 Å². The van der Waals surface area contributed by atoms with Crippen molar-refractivity contribution in [1.29, 1.82) is 0 Å². The number of nitrogens with zero attached hydrogens (tertiary/aromatic N) is 2. The SMILES string of the molecule is CCCCCCN(N=O)C(=O)c1ccc2ccccc2c1. The monoisotopic (exact) mass is 284 g/mol. The molecule has 0 saturated carbocycles. The largest absolute Gasteiger partial charge is 0.276 e. The van der Waals surface area contributed by atoms with E-state index in [1.54, 1.807) is 6.07 Å². The molecule has 0 aromatic heterocycles. The number of benzene rings is 2. The number of carbonyl (C=O) groups is 1. The minimum atomic E-state index is -0.327. The van der Waals surface area contributed by atoms with Crippen molar-refractivity contribution in [3.05, 3.63) is 52.9 Å². The van der Waals surface area contributed by atoms with Crippen LogP contribution in [0, 0.1) is 4.91 Å². The van der Waals surface area contributed by atoms with Crippen LogP contribution in [0.1, 0.15) is 43.0 Å². The Kier molecular flexibility index (Phi) is 5.43. The molecule has 0 radical (unpaired) electrons. The molecule has 0 aliphatic carbocycles. The molecule has 0 heterocycles. The second-order valence-corrected chi connectivity index (χ2v) is 5.13. The van der Waals surface area contributed by atoms with Gasteiger partial charge in [0.2, 0.25) is 0 Å². The van der Waals surface area contributed by atoms with Crippen LogP contribution in [-0.4, -0.2) is 17.5 Å². The highest BCUT2D eigenvalue weighted by molar-refractivity contribution is 5.98. The average molecular weight is 284 g/mol. The van der Waals surface area contributed by atoms with Gasteiger partial charge in [-0.1, -0.05) is 56.5 Å². The summed E-state index contributed by atoms with van der Waals surface area (Å²) < 4.78 is 0. The molecule has 1 amide bonds. The molecule has 21 heavy (non-hydrogen) atoms. The summed E-state index contributed by atoms with van der Waals surface area (Å²) in [7, 11) is 0. The quantitative estimate of drug-likeness (QED) is 0.425. The van der Waals surface area contributed by atoms with Gasteiger partial charge in [0, 0.05) is 12.1 Å². The Morgan fingerprint density at radius 1 is 1.05 bits per heavy atom. The summed E-state index contributed by atoms with van der Waals surface area (Å²) in [5.41, 5.74) is 0.504. The number of hydrogen-bond donors (Lipinski definition) is 0. The lowest BCUT2D eigenvalue weighted by Gasteiger charge is -2.13. The van der Waals surface area contributed by atoms with Crippen LogP contribution < -0.4 is 0 Å². The fourth-order valence-corrected chi connectivity index (χ4v) is 2.34. The Morgan fingerprint density at radius 3 is 2.52 bits per heavy atom. The van der Waals surface area contributed by atoms with Crippen molar-refractivity contribution in [2.24, 2.45) is 5.29 Å². The predicted molar refractivity (Wildman–Crippen MR) is 84.9 cm³/mol. The topological polar surface area (TPSA) is 49.7 Å². The van der Waals surface area contributed by atoms with Crippen molar-refractivity contribution in [2.45, 2.75) is 32.6 Å². The molecular weight excluding hydrogens is 264 g/mol. The zero-order valence-corrected chi connectivity index (χ0v) is 12.3. The molecule has 2 aromatic carbocycles. The van der Waals surface area contributed by atoms with E-state index >= 15 is 0 Å². The molecule has 0 aliphatic heterocycles. The second kappa shape index (κ2) is 7.53. The van der Waals surface area contributed by atoms with Gasteiger partial charge in [0.05, 0.1) is 5.29 Å². The summed E-state index contributed by atoms with van der Waals surface area (Å²) in [5, 5.41) is 5.96. The van der Waals surface area contributed by atoms with Gasteiger partial charge in [-0.2, -0.15) is 5.01 Å². The van der Waals surface area contributed by atoms with E-state index in [1.165, 1.54) is 0 Å². The smallest absolute Gasteiger partial charge is 0.267 e. The Balaban J connectivity index is 2.09. The lowest BCUT2D eigenvalue weighted by Crippen LogP contribution is -2.26. The van der Waals surface area contributed by atoms with Crippen LogP contribution in [-0.2, 0) is 0 Å². The molecule has 110 valence electrons. The normalized spacial score (nSPS) is 10.5. The number of fused-ring (bicyclic) bond motifs is 1. The van der Waals surface area contributed by atoms with E-state index in [0.717, 1.165) is 41.5 Å². The molecule has 0 N–H and O–H groups in total. The Bertz CT molecular complexity index is 625. The van der Waals surface area contributed by atoms with Crippen molar-refractivity contribution in [3.8, 4) is 0 Å². The number of amides is 1. The molecule has 0 unspecified atom stereocenters. The van der Waals surface area contributed by atoms with Crippen LogP contribution in [0.4, 0.5) is 0 Å². The maximum atomic E-state index is 12.3. The summed E-state index contributed by atoms with van der Waals surface area (Å²) >= 11 is 0. The van der Waals surface area contributed by atoms with Gasteiger partial charge in [-0.25, -0.2) is 0 Å². The summed E-state index contributed by atoms with van der Waals surface area (Å²) in [6.07, 6.45) is 4.04. The molecule has 0 aliphatic rings. The van der Waals surface area contributed by atoms with E-state index < -0.39 is 0 Å². The molecular formula is C17H20N2O2. The first kappa shape index (κ1) is 15.2. The Labute approximate surface area is 124 Å². The third-order valence-corrected chi connectivity index (χ3v) is 3.55. The van der Waals surface area contributed by atoms with Crippen LogP contribution in [0.5, 0.6) is 0 Å². The first-order valence-electron chi connectivity index (χ1n) is 7.40. The standard InChI is InChI=1S/C17H20N2O2/c1-2-3-4-7-12-19(18-21)17(20)16-11-10-14-8-5-6-9-15(14)13-16/h5-6,8-11,13H,2-4,7,12H2,1H3. The minimum absolute atomic E-state index is 0.327. The zero-order valence-electron chi connectivity index (χ0n) is 12.3. The Morgan fingerprint density at radius 2 is 1.81 bits per heavy atom. The van der Waals surface area contributed by atoms with Crippen molar-refractivity contribution in [1.82, 2.24) is 5.01 Å². The lowest BCUT2D eigenvalue weighted by molar-refractivity contribution is 0.0754. The van der Waals surface area contributed by atoms with E-state index in [4.69, 9.17) is 0 Å². The van der Waals surface area contributed by atoms with E-state index in [0.29, 0.717) is 12.1 Å². The van der Waals surface area contributed by atoms with Crippen LogP contribution in [0.3, 0.4) is 0 Å². The maximum Gasteiger partial charge on any atom is 0.276 e. The minimum Gasteiger partial charge on any atom is -0.267 e. The molecule has 0 atom stereocenters. The highest BCUT2D eigenvalue weighted by atomic mass is 16.3. The van der Waals surface area contributed by atoms with E-state index in [2.05, 4.69) is 12.2 Å². The number of rotatable bonds is 7. The summed E-state index contributed by atoms with van der Waals surface area (Å²) in [4.78, 5) is 23.2. The molecule has 0 saturated heterocycles. The second-order valence-electron chi connectivity index (χ2n) is 5.13. The van der Waals surface area contributed by atoms with Crippen molar-refractivity contribution in [3.63, 3.8) is 0 Å². The van der Waals surface area contributed by atoms with Crippen molar-refractivity contribution >= 4 is 16.7 Å². The summed E-state index contributed by atoms with van der Waals surface area (Å²) in [6, 6.07) is 13.3. The molecule has 2 aromatic rings. The predicted octanol–water partition coefficient (Wildman–Crippen LogP) is 4.54. The van der Waals surface area contributed by atoms with Gasteiger partial charge >= 0.3 is 0 Å². The number of carbonyl (C=O) groups excluding carboxylic acids is 1. The van der Waals surface area contributed by atoms with Gasteiger partial charge in [-0.15, -0.1) is 4.91 Å². The van der Waals surface area contributed by atoms with Crippen LogP contribution in [0.15, 0.2) is 47.8 Å². The number of hydrogen-bond acceptors (Lipinski definition) is 3. The maximum absolute atomic E-state index is 12.3. The first-order valence-corrected chi connectivity index (χ1v) is 7.40. The van der Waals surface area contributed by atoms with Gasteiger partial charge in [0.15, 0.2) is 0 Å². The molecule has 0 bridgehead atoms. The van der Waals surface area contributed by atoms with E-state index in [1.807, 2.05) is 36.4 Å². The molecule has 0 fully saturated rings. The molecule has 2 rings (SSSR count). The van der Waals surface area contributed by atoms with Gasteiger partial charge in [0.25, 0.3) is 5.91 Å². The average Bonchev–Trinajstić information content (AvgIpc) is 2.54. The van der Waals surface area contributed by atoms with Crippen molar-refractivity contribution in [2.75, 3.05) is 6.54 Å². The third-order valence-electron chi connectivity index (χ3n) is 3.55. The summed E-state index contributed by atoms with van der Waals surface area (Å²) in [5.74, 6) is -0.327. The highest BCUT2D eigenvalue weighted by Gasteiger charge is 2.16. The highest BCUT2D eigenvalue weighted by Crippen LogP contribution is 2.17. The van der Waals surface area contributed by atoms with E-state index in [9.17, 15) is 9.70 Å². The fraction of sp³-hybridized carbons (Fsp3) is 0.353. The number of unbranched alkanes of at least 4 members (excludes halogenated alkanes) is 3.